The van der Waals surface area contributed by atoms with E-state index in [0.717, 1.165) is 5.69 Å². The summed E-state index contributed by atoms with van der Waals surface area (Å²) in [5, 5.41) is 5.39. The van der Waals surface area contributed by atoms with Crippen molar-refractivity contribution in [3.05, 3.63) is 29.8 Å². The van der Waals surface area contributed by atoms with E-state index in [9.17, 15) is 9.00 Å². The minimum absolute atomic E-state index is 0.266. The molecule has 4 nitrogen and oxygen atoms in total. The molecule has 18 heavy (non-hydrogen) atoms. The molecule has 0 saturated carbocycles. The van der Waals surface area contributed by atoms with Crippen LogP contribution in [0.2, 0.25) is 0 Å². The lowest BCUT2D eigenvalue weighted by atomic mass is 10.0. The van der Waals surface area contributed by atoms with Crippen LogP contribution in [0.25, 0.3) is 0 Å². The van der Waals surface area contributed by atoms with Crippen LogP contribution in [0.3, 0.4) is 0 Å². The first kappa shape index (κ1) is 14.7. The van der Waals surface area contributed by atoms with E-state index in [1.807, 2.05) is 24.3 Å². The molecule has 0 saturated heterocycles. The van der Waals surface area contributed by atoms with Crippen LogP contribution >= 0.6 is 0 Å². The summed E-state index contributed by atoms with van der Waals surface area (Å²) in [5.41, 5.74) is 2.00. The average Bonchev–Trinajstić information content (AvgIpc) is 2.29. The molecule has 1 unspecified atom stereocenters. The normalized spacial score (nSPS) is 12.2. The fourth-order valence-electron chi connectivity index (χ4n) is 1.43. The van der Waals surface area contributed by atoms with Crippen LogP contribution in [0.4, 0.5) is 10.5 Å². The van der Waals surface area contributed by atoms with Crippen molar-refractivity contribution in [2.24, 2.45) is 0 Å². The van der Waals surface area contributed by atoms with E-state index in [1.54, 1.807) is 6.26 Å². The van der Waals surface area contributed by atoms with Crippen molar-refractivity contribution in [2.75, 3.05) is 23.9 Å². The highest BCUT2D eigenvalue weighted by molar-refractivity contribution is 7.84. The van der Waals surface area contributed by atoms with Crippen LogP contribution in [0, 0.1) is 0 Å². The second-order valence-electron chi connectivity index (χ2n) is 4.43. The Morgan fingerprint density at radius 3 is 2.39 bits per heavy atom. The third-order valence-electron chi connectivity index (χ3n) is 2.51. The molecule has 0 aliphatic carbocycles. The average molecular weight is 268 g/mol. The van der Waals surface area contributed by atoms with Gasteiger partial charge in [0.15, 0.2) is 0 Å². The van der Waals surface area contributed by atoms with E-state index in [4.69, 9.17) is 0 Å². The summed E-state index contributed by atoms with van der Waals surface area (Å²) in [7, 11) is -0.879. The van der Waals surface area contributed by atoms with Crippen molar-refractivity contribution in [2.45, 2.75) is 19.8 Å². The van der Waals surface area contributed by atoms with Gasteiger partial charge in [-0.3, -0.25) is 4.21 Å². The molecule has 5 heteroatoms. The first-order valence-corrected chi connectivity index (χ1v) is 7.66. The largest absolute Gasteiger partial charge is 0.337 e. The Labute approximate surface area is 111 Å². The third-order valence-corrected chi connectivity index (χ3v) is 3.29. The molecule has 1 aromatic rings. The van der Waals surface area contributed by atoms with Gasteiger partial charge in [-0.15, -0.1) is 0 Å². The maximum Gasteiger partial charge on any atom is 0.319 e. The molecule has 0 spiro atoms. The number of nitrogens with one attached hydrogen (secondary N) is 2. The summed E-state index contributed by atoms with van der Waals surface area (Å²) in [6, 6.07) is 7.50. The number of carbonyl (C=O) groups is 1. The summed E-state index contributed by atoms with van der Waals surface area (Å²) < 4.78 is 10.8. The van der Waals surface area contributed by atoms with Crippen molar-refractivity contribution in [1.82, 2.24) is 5.32 Å². The molecule has 0 aliphatic heterocycles. The molecule has 1 aromatic carbocycles. The van der Waals surface area contributed by atoms with E-state index in [2.05, 4.69) is 24.5 Å². The molecule has 1 atom stereocenters. The maximum absolute atomic E-state index is 11.5. The minimum Gasteiger partial charge on any atom is -0.337 e. The molecular weight excluding hydrogens is 248 g/mol. The van der Waals surface area contributed by atoms with Gasteiger partial charge in [0.1, 0.15) is 0 Å². The molecule has 2 N–H and O–H groups in total. The van der Waals surface area contributed by atoms with E-state index < -0.39 is 10.8 Å². The molecular formula is C13H20N2O2S. The first-order valence-electron chi connectivity index (χ1n) is 5.94. The molecule has 2 amide bonds. The second-order valence-corrected chi connectivity index (χ2v) is 5.99. The van der Waals surface area contributed by atoms with Crippen LogP contribution in [-0.2, 0) is 10.8 Å². The second kappa shape index (κ2) is 7.16. The number of benzene rings is 1. The Bertz CT molecular complexity index is 416. The zero-order chi connectivity index (χ0) is 13.5. The Morgan fingerprint density at radius 2 is 1.89 bits per heavy atom. The molecule has 0 aromatic heterocycles. The molecule has 100 valence electrons. The fraction of sp³-hybridized carbons (Fsp3) is 0.462. The van der Waals surface area contributed by atoms with Crippen molar-refractivity contribution >= 4 is 22.5 Å². The van der Waals surface area contributed by atoms with E-state index >= 15 is 0 Å². The van der Waals surface area contributed by atoms with Gasteiger partial charge in [0.25, 0.3) is 0 Å². The molecule has 0 heterocycles. The Balaban J connectivity index is 2.42. The van der Waals surface area contributed by atoms with Gasteiger partial charge in [0.2, 0.25) is 0 Å². The van der Waals surface area contributed by atoms with Crippen molar-refractivity contribution in [1.29, 1.82) is 0 Å². The monoisotopic (exact) mass is 268 g/mol. The topological polar surface area (TPSA) is 58.2 Å². The quantitative estimate of drug-likeness (QED) is 0.861. The molecule has 0 radical (unpaired) electrons. The number of hydrogen-bond acceptors (Lipinski definition) is 2. The van der Waals surface area contributed by atoms with Crippen molar-refractivity contribution in [3.8, 4) is 0 Å². The number of amides is 2. The minimum atomic E-state index is -0.879. The highest BCUT2D eigenvalue weighted by Crippen LogP contribution is 2.16. The van der Waals surface area contributed by atoms with Gasteiger partial charge in [-0.1, -0.05) is 26.0 Å². The predicted octanol–water partition coefficient (Wildman–Crippen LogP) is 2.31. The summed E-state index contributed by atoms with van der Waals surface area (Å²) in [5.74, 6) is 0.951. The lowest BCUT2D eigenvalue weighted by Gasteiger charge is -2.09. The van der Waals surface area contributed by atoms with Crippen LogP contribution in [0.5, 0.6) is 0 Å². The van der Waals surface area contributed by atoms with E-state index in [0.29, 0.717) is 18.2 Å². The zero-order valence-corrected chi connectivity index (χ0v) is 11.8. The highest BCUT2D eigenvalue weighted by Gasteiger charge is 2.03. The summed E-state index contributed by atoms with van der Waals surface area (Å²) in [4.78, 5) is 11.5. The first-order chi connectivity index (χ1) is 8.49. The standard InChI is InChI=1S/C13H20N2O2S/c1-10(2)11-4-6-12(7-5-11)15-13(16)14-8-9-18(3)17/h4-7,10H,8-9H2,1-3H3,(H2,14,15,16). The smallest absolute Gasteiger partial charge is 0.319 e. The lowest BCUT2D eigenvalue weighted by molar-refractivity contribution is 0.252. The maximum atomic E-state index is 11.5. The highest BCUT2D eigenvalue weighted by atomic mass is 32.2. The number of rotatable bonds is 5. The lowest BCUT2D eigenvalue weighted by Crippen LogP contribution is -2.31. The van der Waals surface area contributed by atoms with Crippen LogP contribution in [0.1, 0.15) is 25.3 Å². The predicted molar refractivity (Wildman–Crippen MR) is 76.5 cm³/mol. The van der Waals surface area contributed by atoms with Crippen molar-refractivity contribution < 1.29 is 9.00 Å². The number of carbonyl (C=O) groups excluding carboxylic acids is 1. The summed E-state index contributed by atoms with van der Waals surface area (Å²) >= 11 is 0. The molecule has 0 fully saturated rings. The molecule has 1 rings (SSSR count). The van der Waals surface area contributed by atoms with Gasteiger partial charge >= 0.3 is 6.03 Å². The van der Waals surface area contributed by atoms with Crippen molar-refractivity contribution in [3.63, 3.8) is 0 Å². The summed E-state index contributed by atoms with van der Waals surface area (Å²) in [6.45, 7) is 4.67. The van der Waals surface area contributed by atoms with E-state index in [-0.39, 0.29) is 6.03 Å². The molecule has 0 aliphatic rings. The Hall–Kier alpha value is -1.36. The number of anilines is 1. The Kier molecular flexibility index (Phi) is 5.85. The fourth-order valence-corrected chi connectivity index (χ4v) is 1.82. The van der Waals surface area contributed by atoms with Crippen LogP contribution in [0.15, 0.2) is 24.3 Å². The SMILES string of the molecule is CC(C)c1ccc(NC(=O)NCCS(C)=O)cc1. The van der Waals surface area contributed by atoms with Gasteiger partial charge < -0.3 is 10.6 Å². The molecule has 0 bridgehead atoms. The number of hydrogen-bond donors (Lipinski definition) is 2. The van der Waals surface area contributed by atoms with Gasteiger partial charge in [0.05, 0.1) is 0 Å². The third kappa shape index (κ3) is 5.31. The van der Waals surface area contributed by atoms with Gasteiger partial charge in [0, 0.05) is 35.0 Å². The van der Waals surface area contributed by atoms with Gasteiger partial charge in [-0.2, -0.15) is 0 Å². The van der Waals surface area contributed by atoms with Gasteiger partial charge in [-0.25, -0.2) is 4.79 Å². The summed E-state index contributed by atoms with van der Waals surface area (Å²) in [6.07, 6.45) is 1.62. The Morgan fingerprint density at radius 1 is 1.28 bits per heavy atom. The number of urea groups is 1. The van der Waals surface area contributed by atoms with E-state index in [1.165, 1.54) is 5.56 Å². The van der Waals surface area contributed by atoms with Gasteiger partial charge in [-0.05, 0) is 23.6 Å². The van der Waals surface area contributed by atoms with Crippen LogP contribution in [-0.4, -0.2) is 28.8 Å². The zero-order valence-electron chi connectivity index (χ0n) is 11.0. The van der Waals surface area contributed by atoms with Crippen LogP contribution < -0.4 is 10.6 Å².